The van der Waals surface area contributed by atoms with Crippen LogP contribution in [0.5, 0.6) is 0 Å². The molecule has 0 bridgehead atoms. The van der Waals surface area contributed by atoms with Crippen LogP contribution < -0.4 is 0 Å². The lowest BCUT2D eigenvalue weighted by atomic mass is 10.1. The third kappa shape index (κ3) is 9.52. The molecule has 1 rings (SSSR count). The average Bonchev–Trinajstić information content (AvgIpc) is 2.32. The molecule has 15 heavy (non-hydrogen) atoms. The van der Waals surface area contributed by atoms with Gasteiger partial charge in [-0.25, -0.2) is 0 Å². The second kappa shape index (κ2) is 13.2. The molecule has 0 nitrogen and oxygen atoms in total. The molecule has 0 heterocycles. The average molecular weight is 208 g/mol. The van der Waals surface area contributed by atoms with Gasteiger partial charge < -0.3 is 0 Å². The second-order valence-corrected chi connectivity index (χ2v) is 3.09. The van der Waals surface area contributed by atoms with Gasteiger partial charge in [0.1, 0.15) is 0 Å². The van der Waals surface area contributed by atoms with Crippen LogP contribution in [0.15, 0.2) is 24.3 Å². The van der Waals surface area contributed by atoms with Crippen molar-refractivity contribution >= 4 is 0 Å². The zero-order valence-corrected chi connectivity index (χ0v) is 11.4. The SMILES string of the molecule is CC.CC.CCCCc1cccc(C)c1. The van der Waals surface area contributed by atoms with Crippen LogP contribution in [0, 0.1) is 6.92 Å². The van der Waals surface area contributed by atoms with Crippen LogP contribution in [0.2, 0.25) is 0 Å². The minimum atomic E-state index is 1.23. The molecular weight excluding hydrogens is 180 g/mol. The first-order valence-electron chi connectivity index (χ1n) is 6.38. The molecule has 0 spiro atoms. The Kier molecular flexibility index (Phi) is 14.7. The summed E-state index contributed by atoms with van der Waals surface area (Å²) >= 11 is 0. The van der Waals surface area contributed by atoms with E-state index in [0.29, 0.717) is 0 Å². The molecule has 0 aliphatic rings. The molecule has 0 fully saturated rings. The summed E-state index contributed by atoms with van der Waals surface area (Å²) in [7, 11) is 0. The quantitative estimate of drug-likeness (QED) is 0.624. The molecule has 0 saturated carbocycles. The lowest BCUT2D eigenvalue weighted by Gasteiger charge is -1.99. The molecule has 0 atom stereocenters. The number of hydrogen-bond acceptors (Lipinski definition) is 0. The maximum Gasteiger partial charge on any atom is -0.0279 e. The zero-order chi connectivity index (χ0) is 12.1. The first kappa shape index (κ1) is 16.6. The summed E-state index contributed by atoms with van der Waals surface area (Å²) in [6.07, 6.45) is 3.83. The highest BCUT2D eigenvalue weighted by Gasteiger charge is 1.90. The van der Waals surface area contributed by atoms with E-state index in [1.807, 2.05) is 27.7 Å². The topological polar surface area (TPSA) is 0 Å². The highest BCUT2D eigenvalue weighted by Crippen LogP contribution is 2.07. The monoisotopic (exact) mass is 208 g/mol. The van der Waals surface area contributed by atoms with Gasteiger partial charge in [0.2, 0.25) is 0 Å². The van der Waals surface area contributed by atoms with Crippen LogP contribution in [0.1, 0.15) is 58.6 Å². The van der Waals surface area contributed by atoms with Gasteiger partial charge in [0.05, 0.1) is 0 Å². The van der Waals surface area contributed by atoms with E-state index >= 15 is 0 Å². The molecule has 0 unspecified atom stereocenters. The molecule has 1 aromatic rings. The Morgan fingerprint density at radius 1 is 1.00 bits per heavy atom. The number of hydrogen-bond donors (Lipinski definition) is 0. The van der Waals surface area contributed by atoms with Crippen molar-refractivity contribution in [3.63, 3.8) is 0 Å². The lowest BCUT2D eigenvalue weighted by molar-refractivity contribution is 0.794. The molecule has 88 valence electrons. The number of aryl methyl sites for hydroxylation is 2. The predicted octanol–water partition coefficient (Wildman–Crippen LogP) is 5.39. The fraction of sp³-hybridized carbons (Fsp3) is 0.600. The van der Waals surface area contributed by atoms with E-state index in [0.717, 1.165) is 0 Å². The highest BCUT2D eigenvalue weighted by molar-refractivity contribution is 5.22. The van der Waals surface area contributed by atoms with Crippen molar-refractivity contribution in [1.82, 2.24) is 0 Å². The highest BCUT2D eigenvalue weighted by atomic mass is 14.0. The fourth-order valence-corrected chi connectivity index (χ4v) is 1.25. The molecule has 0 radical (unpaired) electrons. The van der Waals surface area contributed by atoms with E-state index in [9.17, 15) is 0 Å². The number of unbranched alkanes of at least 4 members (excludes halogenated alkanes) is 1. The summed E-state index contributed by atoms with van der Waals surface area (Å²) in [5.41, 5.74) is 2.85. The van der Waals surface area contributed by atoms with Crippen molar-refractivity contribution in [2.45, 2.75) is 60.8 Å². The summed E-state index contributed by atoms with van der Waals surface area (Å²) < 4.78 is 0. The van der Waals surface area contributed by atoms with E-state index in [4.69, 9.17) is 0 Å². The summed E-state index contributed by atoms with van der Waals surface area (Å²) in [6.45, 7) is 12.4. The van der Waals surface area contributed by atoms with E-state index < -0.39 is 0 Å². The minimum absolute atomic E-state index is 1.23. The standard InChI is InChI=1S/C11H16.2C2H6/c1-3-4-7-11-8-5-6-10(2)9-11;2*1-2/h5-6,8-9H,3-4,7H2,1-2H3;2*1-2H3. The molecule has 1 aromatic carbocycles. The molecule has 0 heteroatoms. The Morgan fingerprint density at radius 3 is 2.07 bits per heavy atom. The third-order valence-corrected chi connectivity index (χ3v) is 1.90. The zero-order valence-electron chi connectivity index (χ0n) is 11.4. The Morgan fingerprint density at radius 2 is 1.60 bits per heavy atom. The Bertz CT molecular complexity index is 213. The van der Waals surface area contributed by atoms with Crippen LogP contribution >= 0.6 is 0 Å². The van der Waals surface area contributed by atoms with Gasteiger partial charge in [-0.1, -0.05) is 70.9 Å². The van der Waals surface area contributed by atoms with Crippen molar-refractivity contribution < 1.29 is 0 Å². The van der Waals surface area contributed by atoms with Gasteiger partial charge >= 0.3 is 0 Å². The minimum Gasteiger partial charge on any atom is -0.0683 e. The first-order chi connectivity index (χ1) is 7.33. The smallest absolute Gasteiger partial charge is 0.0279 e. The van der Waals surface area contributed by atoms with Crippen LogP contribution in [0.4, 0.5) is 0 Å². The van der Waals surface area contributed by atoms with Crippen LogP contribution in [0.3, 0.4) is 0 Å². The van der Waals surface area contributed by atoms with Crippen LogP contribution in [-0.4, -0.2) is 0 Å². The third-order valence-electron chi connectivity index (χ3n) is 1.90. The van der Waals surface area contributed by atoms with Crippen molar-refractivity contribution in [3.8, 4) is 0 Å². The Balaban J connectivity index is 0. The van der Waals surface area contributed by atoms with Gasteiger partial charge in [-0.15, -0.1) is 0 Å². The largest absolute Gasteiger partial charge is 0.0683 e. The van der Waals surface area contributed by atoms with E-state index in [1.165, 1.54) is 30.4 Å². The van der Waals surface area contributed by atoms with Gasteiger partial charge in [-0.3, -0.25) is 0 Å². The summed E-state index contributed by atoms with van der Waals surface area (Å²) in [4.78, 5) is 0. The molecule has 0 amide bonds. The normalized spacial score (nSPS) is 8.13. The van der Waals surface area contributed by atoms with Gasteiger partial charge in [0.15, 0.2) is 0 Å². The molecule has 0 saturated heterocycles. The van der Waals surface area contributed by atoms with Crippen molar-refractivity contribution in [2.75, 3.05) is 0 Å². The maximum atomic E-state index is 2.27. The fourth-order valence-electron chi connectivity index (χ4n) is 1.25. The van der Waals surface area contributed by atoms with Gasteiger partial charge in [0, 0.05) is 0 Å². The van der Waals surface area contributed by atoms with Crippen LogP contribution in [-0.2, 0) is 6.42 Å². The molecule has 0 N–H and O–H groups in total. The molecular formula is C15H28. The summed E-state index contributed by atoms with van der Waals surface area (Å²) in [6, 6.07) is 8.77. The van der Waals surface area contributed by atoms with Gasteiger partial charge in [-0.2, -0.15) is 0 Å². The van der Waals surface area contributed by atoms with E-state index in [-0.39, 0.29) is 0 Å². The number of rotatable bonds is 3. The number of benzene rings is 1. The first-order valence-corrected chi connectivity index (χ1v) is 6.38. The maximum absolute atomic E-state index is 2.27. The summed E-state index contributed by atoms with van der Waals surface area (Å²) in [5.74, 6) is 0. The van der Waals surface area contributed by atoms with Crippen molar-refractivity contribution in [2.24, 2.45) is 0 Å². The van der Waals surface area contributed by atoms with Crippen molar-refractivity contribution in [3.05, 3.63) is 35.4 Å². The summed E-state index contributed by atoms with van der Waals surface area (Å²) in [5, 5.41) is 0. The second-order valence-electron chi connectivity index (χ2n) is 3.09. The van der Waals surface area contributed by atoms with Crippen LogP contribution in [0.25, 0.3) is 0 Å². The van der Waals surface area contributed by atoms with E-state index in [2.05, 4.69) is 38.1 Å². The van der Waals surface area contributed by atoms with Gasteiger partial charge in [-0.05, 0) is 25.3 Å². The van der Waals surface area contributed by atoms with Crippen molar-refractivity contribution in [1.29, 1.82) is 0 Å². The Labute approximate surface area is 96.7 Å². The lowest BCUT2D eigenvalue weighted by Crippen LogP contribution is -1.84. The molecule has 0 aliphatic carbocycles. The molecule has 0 aromatic heterocycles. The Hall–Kier alpha value is -0.780. The predicted molar refractivity (Wildman–Crippen MR) is 72.5 cm³/mol. The van der Waals surface area contributed by atoms with E-state index in [1.54, 1.807) is 0 Å². The molecule has 0 aliphatic heterocycles. The van der Waals surface area contributed by atoms with Gasteiger partial charge in [0.25, 0.3) is 0 Å².